The zero-order valence-corrected chi connectivity index (χ0v) is 16.7. The lowest BCUT2D eigenvalue weighted by molar-refractivity contribution is 0.812. The summed E-state index contributed by atoms with van der Waals surface area (Å²) in [5.74, 6) is 0.834. The summed E-state index contributed by atoms with van der Waals surface area (Å²) < 4.78 is 0. The van der Waals surface area contributed by atoms with E-state index in [1.165, 1.54) is 26.4 Å². The molecule has 0 atom stereocenters. The molecule has 0 aliphatic rings. The van der Waals surface area contributed by atoms with Crippen LogP contribution >= 0.6 is 35.3 Å². The van der Waals surface area contributed by atoms with E-state index in [4.69, 9.17) is 0 Å². The third-order valence-corrected chi connectivity index (χ3v) is 4.39. The number of nitrogens with zero attached hydrogens (tertiary/aromatic N) is 1. The van der Waals surface area contributed by atoms with Crippen LogP contribution in [0.2, 0.25) is 0 Å². The van der Waals surface area contributed by atoms with Gasteiger partial charge in [-0.2, -0.15) is 0 Å². The lowest BCUT2D eigenvalue weighted by Gasteiger charge is -2.13. The van der Waals surface area contributed by atoms with Crippen molar-refractivity contribution in [3.05, 3.63) is 56.8 Å². The average Bonchev–Trinajstić information content (AvgIpc) is 2.86. The largest absolute Gasteiger partial charge is 0.352 e. The molecule has 0 saturated heterocycles. The molecule has 0 bridgehead atoms. The predicted molar refractivity (Wildman–Crippen MR) is 107 cm³/mol. The third kappa shape index (κ3) is 5.61. The molecule has 1 aromatic carbocycles. The number of nitrogens with one attached hydrogen (secondary N) is 2. The van der Waals surface area contributed by atoms with Gasteiger partial charge in [0.2, 0.25) is 0 Å². The number of rotatable bonds is 4. The smallest absolute Gasteiger partial charge is 0.191 e. The van der Waals surface area contributed by atoms with Crippen molar-refractivity contribution in [1.82, 2.24) is 10.6 Å². The molecule has 0 aliphatic heterocycles. The van der Waals surface area contributed by atoms with E-state index in [-0.39, 0.29) is 24.0 Å². The molecule has 1 heterocycles. The van der Waals surface area contributed by atoms with Crippen LogP contribution in [0, 0.1) is 20.8 Å². The maximum atomic E-state index is 4.27. The van der Waals surface area contributed by atoms with Crippen LogP contribution in [0.5, 0.6) is 0 Å². The number of hydrogen-bond donors (Lipinski definition) is 2. The summed E-state index contributed by atoms with van der Waals surface area (Å²) in [5.41, 5.74) is 3.91. The van der Waals surface area contributed by atoms with Gasteiger partial charge < -0.3 is 10.6 Å². The Kier molecular flexibility index (Phi) is 7.89. The van der Waals surface area contributed by atoms with Crippen LogP contribution < -0.4 is 10.6 Å². The minimum atomic E-state index is 0. The van der Waals surface area contributed by atoms with Crippen molar-refractivity contribution in [1.29, 1.82) is 0 Å². The van der Waals surface area contributed by atoms with Gasteiger partial charge in [-0.1, -0.05) is 23.8 Å². The van der Waals surface area contributed by atoms with Gasteiger partial charge in [0.1, 0.15) is 0 Å². The van der Waals surface area contributed by atoms with E-state index in [1.807, 2.05) is 11.3 Å². The topological polar surface area (TPSA) is 36.4 Å². The second kappa shape index (κ2) is 9.15. The Morgan fingerprint density at radius 3 is 2.36 bits per heavy atom. The number of aryl methyl sites for hydroxylation is 3. The number of hydrogen-bond acceptors (Lipinski definition) is 2. The van der Waals surface area contributed by atoms with Gasteiger partial charge in [0.05, 0.1) is 6.54 Å². The van der Waals surface area contributed by atoms with E-state index in [9.17, 15) is 0 Å². The summed E-state index contributed by atoms with van der Waals surface area (Å²) in [7, 11) is 1.80. The van der Waals surface area contributed by atoms with Gasteiger partial charge in [-0.15, -0.1) is 35.3 Å². The van der Waals surface area contributed by atoms with Gasteiger partial charge in [0, 0.05) is 23.3 Å². The number of halogens is 1. The second-order valence-electron chi connectivity index (χ2n) is 5.22. The molecule has 1 aromatic heterocycles. The molecule has 2 rings (SSSR count). The zero-order chi connectivity index (χ0) is 15.2. The monoisotopic (exact) mass is 429 g/mol. The summed E-state index contributed by atoms with van der Waals surface area (Å²) in [6.45, 7) is 7.99. The first-order valence-corrected chi connectivity index (χ1v) is 7.96. The molecule has 0 amide bonds. The average molecular weight is 429 g/mol. The van der Waals surface area contributed by atoms with Crippen molar-refractivity contribution >= 4 is 41.3 Å². The summed E-state index contributed by atoms with van der Waals surface area (Å²) in [4.78, 5) is 6.93. The number of benzene rings is 1. The molecular weight excluding hydrogens is 405 g/mol. The Morgan fingerprint density at radius 1 is 1.05 bits per heavy atom. The fourth-order valence-electron chi connectivity index (χ4n) is 2.19. The standard InChI is InChI=1S/C17H23N3S.HI/c1-12-5-7-15(13(2)9-12)10-19-17(18-4)20-11-16-8-6-14(3)21-16;/h5-9H,10-11H2,1-4H3,(H2,18,19,20);1H. The van der Waals surface area contributed by atoms with E-state index in [2.05, 4.69) is 66.7 Å². The molecular formula is C17H24IN3S. The highest BCUT2D eigenvalue weighted by Gasteiger charge is 2.02. The van der Waals surface area contributed by atoms with Crippen molar-refractivity contribution in [3.63, 3.8) is 0 Å². The maximum absolute atomic E-state index is 4.27. The minimum absolute atomic E-state index is 0. The highest BCUT2D eigenvalue weighted by molar-refractivity contribution is 14.0. The lowest BCUT2D eigenvalue weighted by atomic mass is 10.1. The van der Waals surface area contributed by atoms with Gasteiger partial charge in [0.25, 0.3) is 0 Å². The van der Waals surface area contributed by atoms with E-state index >= 15 is 0 Å². The van der Waals surface area contributed by atoms with E-state index in [1.54, 1.807) is 7.05 Å². The molecule has 0 fully saturated rings. The number of guanidine groups is 1. The molecule has 0 spiro atoms. The van der Waals surface area contributed by atoms with Gasteiger partial charge >= 0.3 is 0 Å². The SMILES string of the molecule is CN=C(NCc1ccc(C)s1)NCc1ccc(C)cc1C.I. The van der Waals surface area contributed by atoms with Crippen molar-refractivity contribution in [3.8, 4) is 0 Å². The first-order chi connectivity index (χ1) is 10.1. The van der Waals surface area contributed by atoms with Gasteiger partial charge in [0.15, 0.2) is 5.96 Å². The number of thiophene rings is 1. The van der Waals surface area contributed by atoms with Crippen molar-refractivity contribution in [2.24, 2.45) is 4.99 Å². The Bertz CT molecular complexity index is 635. The molecule has 2 N–H and O–H groups in total. The van der Waals surface area contributed by atoms with Crippen molar-refractivity contribution in [2.75, 3.05) is 7.05 Å². The quantitative estimate of drug-likeness (QED) is 0.435. The predicted octanol–water partition coefficient (Wildman–Crippen LogP) is 4.16. The summed E-state index contributed by atoms with van der Waals surface area (Å²) >= 11 is 1.81. The molecule has 0 radical (unpaired) electrons. The zero-order valence-electron chi connectivity index (χ0n) is 13.6. The molecule has 5 heteroatoms. The Morgan fingerprint density at radius 2 is 1.77 bits per heavy atom. The lowest BCUT2D eigenvalue weighted by Crippen LogP contribution is -2.36. The summed E-state index contributed by atoms with van der Waals surface area (Å²) in [5, 5.41) is 6.72. The van der Waals surface area contributed by atoms with E-state index in [0.717, 1.165) is 19.0 Å². The number of aliphatic imine (C=N–C) groups is 1. The van der Waals surface area contributed by atoms with Crippen LogP contribution in [0.3, 0.4) is 0 Å². The Hall–Kier alpha value is -1.08. The van der Waals surface area contributed by atoms with Crippen LogP contribution in [-0.4, -0.2) is 13.0 Å². The van der Waals surface area contributed by atoms with Crippen molar-refractivity contribution in [2.45, 2.75) is 33.9 Å². The van der Waals surface area contributed by atoms with Crippen LogP contribution in [-0.2, 0) is 13.1 Å². The van der Waals surface area contributed by atoms with E-state index in [0.29, 0.717) is 0 Å². The fraction of sp³-hybridized carbons (Fsp3) is 0.353. The second-order valence-corrected chi connectivity index (χ2v) is 6.59. The fourth-order valence-corrected chi connectivity index (χ4v) is 3.02. The highest BCUT2D eigenvalue weighted by atomic mass is 127. The molecule has 0 aliphatic carbocycles. The van der Waals surface area contributed by atoms with Gasteiger partial charge in [-0.3, -0.25) is 4.99 Å². The van der Waals surface area contributed by atoms with Crippen LogP contribution in [0.4, 0.5) is 0 Å². The third-order valence-electron chi connectivity index (χ3n) is 3.39. The molecule has 0 saturated carbocycles. The van der Waals surface area contributed by atoms with Crippen molar-refractivity contribution < 1.29 is 0 Å². The molecule has 22 heavy (non-hydrogen) atoms. The minimum Gasteiger partial charge on any atom is -0.352 e. The normalized spacial score (nSPS) is 11.0. The molecule has 0 unspecified atom stereocenters. The van der Waals surface area contributed by atoms with Crippen LogP contribution in [0.25, 0.3) is 0 Å². The molecule has 120 valence electrons. The first-order valence-electron chi connectivity index (χ1n) is 7.14. The van der Waals surface area contributed by atoms with Gasteiger partial charge in [-0.25, -0.2) is 0 Å². The molecule has 2 aromatic rings. The van der Waals surface area contributed by atoms with Crippen LogP contribution in [0.15, 0.2) is 35.3 Å². The van der Waals surface area contributed by atoms with Crippen LogP contribution in [0.1, 0.15) is 26.4 Å². The van der Waals surface area contributed by atoms with Gasteiger partial charge in [-0.05, 0) is 44.0 Å². The van der Waals surface area contributed by atoms with E-state index < -0.39 is 0 Å². The first kappa shape index (κ1) is 19.0. The summed E-state index contributed by atoms with van der Waals surface area (Å²) in [6.07, 6.45) is 0. The highest BCUT2D eigenvalue weighted by Crippen LogP contribution is 2.14. The summed E-state index contributed by atoms with van der Waals surface area (Å²) in [6, 6.07) is 10.8. The molecule has 3 nitrogen and oxygen atoms in total. The Balaban J connectivity index is 0.00000242. The Labute approximate surface area is 154 Å². The maximum Gasteiger partial charge on any atom is 0.191 e.